The Morgan fingerprint density at radius 1 is 0.812 bits per heavy atom. The van der Waals surface area contributed by atoms with Crippen LogP contribution in [0.2, 0.25) is 5.02 Å². The summed E-state index contributed by atoms with van der Waals surface area (Å²) in [5.74, 6) is 0. The Kier molecular flexibility index (Phi) is 3.71. The first-order valence-corrected chi connectivity index (χ1v) is 8.81. The van der Waals surface area contributed by atoms with Gasteiger partial charge < -0.3 is 0 Å². The Morgan fingerprint density at radius 2 is 1.31 bits per heavy atom. The van der Waals surface area contributed by atoms with Gasteiger partial charge in [0.15, 0.2) is 0 Å². The number of benzene rings is 2. The minimum atomic E-state index is -2.17. The van der Waals surface area contributed by atoms with Crippen LogP contribution in [0.1, 0.15) is 0 Å². The highest BCUT2D eigenvalue weighted by Gasteiger charge is 2.18. The number of hydrogen-bond donors (Lipinski definition) is 0. The summed E-state index contributed by atoms with van der Waals surface area (Å²) in [7, 11) is 0. The summed E-state index contributed by atoms with van der Waals surface area (Å²) in [6, 6.07) is 17.3. The van der Waals surface area contributed by atoms with Gasteiger partial charge in [-0.05, 0) is 12.1 Å². The fourth-order valence-electron chi connectivity index (χ4n) is 1.40. The molecule has 1 unspecified atom stereocenters. The maximum absolute atomic E-state index is 6.52. The van der Waals surface area contributed by atoms with Gasteiger partial charge in [-0.15, -0.1) is 0 Å². The molecule has 0 spiro atoms. The van der Waals surface area contributed by atoms with Crippen LogP contribution in [0.25, 0.3) is 0 Å². The van der Waals surface area contributed by atoms with Gasteiger partial charge in [0.2, 0.25) is 0 Å². The van der Waals surface area contributed by atoms with Crippen LogP contribution in [0.4, 0.5) is 0 Å². The Hall–Kier alpha value is -0.330. The highest BCUT2D eigenvalue weighted by Crippen LogP contribution is 2.49. The summed E-state index contributed by atoms with van der Waals surface area (Å²) < 4.78 is 0. The molecule has 0 N–H and O–H groups in total. The molecule has 0 saturated carbocycles. The van der Waals surface area contributed by atoms with Crippen LogP contribution < -0.4 is 10.6 Å². The maximum Gasteiger partial charge on any atom is 0.0930 e. The second-order valence-corrected chi connectivity index (χ2v) is 9.64. The normalized spacial score (nSPS) is 14.4. The van der Waals surface area contributed by atoms with E-state index in [0.717, 1.165) is 10.6 Å². The second-order valence-electron chi connectivity index (χ2n) is 3.34. The molecule has 0 nitrogen and oxygen atoms in total. The molecular weight excluding hydrogens is 278 g/mol. The van der Waals surface area contributed by atoms with Crippen molar-refractivity contribution in [1.82, 2.24) is 0 Å². The molecule has 0 aliphatic carbocycles. The van der Waals surface area contributed by atoms with Crippen molar-refractivity contribution in [2.75, 3.05) is 0 Å². The molecule has 0 radical (unpaired) electrons. The molecule has 0 aliphatic heterocycles. The maximum atomic E-state index is 6.52. The highest BCUT2D eigenvalue weighted by atomic mass is 35.7. The molecule has 0 bridgehead atoms. The molecule has 0 aliphatic rings. The minimum absolute atomic E-state index is 0.698. The van der Waals surface area contributed by atoms with Crippen LogP contribution in [0, 0.1) is 0 Å². The molecule has 1 atom stereocenters. The Balaban J connectivity index is 2.47. The van der Waals surface area contributed by atoms with Crippen molar-refractivity contribution in [1.29, 1.82) is 0 Å². The number of hydrogen-bond acceptors (Lipinski definition) is 1. The molecule has 4 heteroatoms. The van der Waals surface area contributed by atoms with Crippen molar-refractivity contribution in [2.45, 2.75) is 0 Å². The average molecular weight is 287 g/mol. The second kappa shape index (κ2) is 4.89. The first kappa shape index (κ1) is 12.1. The molecule has 82 valence electrons. The van der Waals surface area contributed by atoms with Gasteiger partial charge in [-0.2, -0.15) is 0 Å². The standard InChI is InChI=1S/C12H9Cl2PS/c13-10-6-8-12(9-7-10)15(14,16)11-4-2-1-3-5-11/h1-9H. The summed E-state index contributed by atoms with van der Waals surface area (Å²) >= 11 is 17.9. The molecule has 0 aromatic heterocycles. The zero-order valence-corrected chi connectivity index (χ0v) is 11.5. The summed E-state index contributed by atoms with van der Waals surface area (Å²) in [6.45, 7) is 0. The summed E-state index contributed by atoms with van der Waals surface area (Å²) in [6.07, 6.45) is 0. The summed E-state index contributed by atoms with van der Waals surface area (Å²) in [5.41, 5.74) is 0. The van der Waals surface area contributed by atoms with Crippen LogP contribution in [-0.2, 0) is 11.8 Å². The zero-order chi connectivity index (χ0) is 11.6. The lowest BCUT2D eigenvalue weighted by Gasteiger charge is -2.14. The monoisotopic (exact) mass is 286 g/mol. The van der Waals surface area contributed by atoms with Gasteiger partial charge in [-0.1, -0.05) is 77.1 Å². The van der Waals surface area contributed by atoms with Crippen molar-refractivity contribution in [3.05, 3.63) is 59.6 Å². The molecule has 16 heavy (non-hydrogen) atoms. The lowest BCUT2D eigenvalue weighted by molar-refractivity contribution is 1.75. The smallest absolute Gasteiger partial charge is 0.0843 e. The number of rotatable bonds is 2. The summed E-state index contributed by atoms with van der Waals surface area (Å²) in [4.78, 5) is 0. The van der Waals surface area contributed by atoms with E-state index in [1.165, 1.54) is 0 Å². The minimum Gasteiger partial charge on any atom is -0.0843 e. The Bertz CT molecular complexity index is 522. The lowest BCUT2D eigenvalue weighted by atomic mass is 10.4. The van der Waals surface area contributed by atoms with Gasteiger partial charge in [-0.3, -0.25) is 0 Å². The Morgan fingerprint density at radius 3 is 1.88 bits per heavy atom. The average Bonchev–Trinajstić information content (AvgIpc) is 2.31. The van der Waals surface area contributed by atoms with Gasteiger partial charge in [0.1, 0.15) is 0 Å². The van der Waals surface area contributed by atoms with Gasteiger partial charge in [0.25, 0.3) is 0 Å². The van der Waals surface area contributed by atoms with Crippen LogP contribution in [0.15, 0.2) is 54.6 Å². The highest BCUT2D eigenvalue weighted by molar-refractivity contribution is 8.34. The third-order valence-electron chi connectivity index (χ3n) is 2.25. The van der Waals surface area contributed by atoms with Crippen LogP contribution >= 0.6 is 28.2 Å². The molecule has 2 rings (SSSR count). The van der Waals surface area contributed by atoms with Crippen LogP contribution in [0.3, 0.4) is 0 Å². The summed E-state index contributed by atoms with van der Waals surface area (Å²) in [5, 5.41) is 0.508. The van der Waals surface area contributed by atoms with E-state index in [1.54, 1.807) is 0 Å². The first-order chi connectivity index (χ1) is 7.60. The van der Waals surface area contributed by atoms with Crippen molar-refractivity contribution in [3.8, 4) is 0 Å². The number of halogens is 2. The van der Waals surface area contributed by atoms with Crippen LogP contribution in [0.5, 0.6) is 0 Å². The molecule has 0 heterocycles. The van der Waals surface area contributed by atoms with E-state index in [9.17, 15) is 0 Å². The quantitative estimate of drug-likeness (QED) is 0.754. The SMILES string of the molecule is S=P(Cl)(c1ccccc1)c1ccc(Cl)cc1. The third-order valence-corrected chi connectivity index (χ3v) is 6.86. The van der Waals surface area contributed by atoms with E-state index >= 15 is 0 Å². The van der Waals surface area contributed by atoms with E-state index < -0.39 is 5.39 Å². The predicted molar refractivity (Wildman–Crippen MR) is 77.3 cm³/mol. The van der Waals surface area contributed by atoms with Gasteiger partial charge in [0, 0.05) is 15.6 Å². The fourth-order valence-corrected chi connectivity index (χ4v) is 4.32. The van der Waals surface area contributed by atoms with Crippen molar-refractivity contribution in [3.63, 3.8) is 0 Å². The largest absolute Gasteiger partial charge is 0.0930 e. The van der Waals surface area contributed by atoms with Crippen molar-refractivity contribution in [2.24, 2.45) is 0 Å². The van der Waals surface area contributed by atoms with E-state index in [0.29, 0.717) is 5.02 Å². The van der Waals surface area contributed by atoms with Gasteiger partial charge in [-0.25, -0.2) is 0 Å². The topological polar surface area (TPSA) is 0 Å². The van der Waals surface area contributed by atoms with Gasteiger partial charge >= 0.3 is 0 Å². The molecule has 2 aromatic rings. The third kappa shape index (κ3) is 2.49. The zero-order valence-electron chi connectivity index (χ0n) is 8.31. The first-order valence-electron chi connectivity index (χ1n) is 4.72. The molecule has 0 amide bonds. The van der Waals surface area contributed by atoms with E-state index in [1.807, 2.05) is 54.6 Å². The van der Waals surface area contributed by atoms with E-state index in [-0.39, 0.29) is 0 Å². The Labute approximate surface area is 110 Å². The van der Waals surface area contributed by atoms with E-state index in [4.69, 9.17) is 34.6 Å². The predicted octanol–water partition coefficient (Wildman–Crippen LogP) is 3.92. The van der Waals surface area contributed by atoms with Crippen molar-refractivity contribution >= 4 is 50.6 Å². The molecule has 0 fully saturated rings. The lowest BCUT2D eigenvalue weighted by Crippen LogP contribution is -2.10. The molecule has 0 saturated heterocycles. The fraction of sp³-hybridized carbons (Fsp3) is 0. The van der Waals surface area contributed by atoms with Crippen LogP contribution in [-0.4, -0.2) is 0 Å². The molecular formula is C12H9Cl2PS. The van der Waals surface area contributed by atoms with Gasteiger partial charge in [0.05, 0.1) is 5.39 Å². The molecule has 2 aromatic carbocycles. The van der Waals surface area contributed by atoms with Crippen molar-refractivity contribution < 1.29 is 0 Å². The van der Waals surface area contributed by atoms with E-state index in [2.05, 4.69) is 0 Å².